The zero-order chi connectivity index (χ0) is 15.6. The normalized spacial score (nSPS) is 19.3. The molecule has 2 atom stereocenters. The summed E-state index contributed by atoms with van der Waals surface area (Å²) in [4.78, 5) is 0.130. The van der Waals surface area contributed by atoms with Gasteiger partial charge in [0.15, 0.2) is 21.3 Å². The molecule has 5 nitrogen and oxygen atoms in total. The Morgan fingerprint density at radius 1 is 1.48 bits per heavy atom. The van der Waals surface area contributed by atoms with Crippen LogP contribution in [0.15, 0.2) is 17.0 Å². The molecule has 1 unspecified atom stereocenters. The highest BCUT2D eigenvalue weighted by molar-refractivity contribution is 7.90. The minimum absolute atomic E-state index is 0.114. The van der Waals surface area contributed by atoms with Crippen molar-refractivity contribution in [1.29, 1.82) is 0 Å². The fourth-order valence-corrected chi connectivity index (χ4v) is 3.09. The molecular formula is C14H20ClNO4S. The lowest BCUT2D eigenvalue weighted by atomic mass is 10.0. The van der Waals surface area contributed by atoms with Crippen molar-refractivity contribution in [3.05, 3.63) is 17.2 Å². The number of benzene rings is 1. The molecule has 1 aliphatic heterocycles. The zero-order valence-electron chi connectivity index (χ0n) is 12.1. The molecule has 1 heterocycles. The molecule has 0 radical (unpaired) electrons. The van der Waals surface area contributed by atoms with Gasteiger partial charge in [-0.15, -0.1) is 0 Å². The first kappa shape index (κ1) is 16.4. The SMILES string of the molecule is CC(CN)CC[C@H]1COc2c(Cl)cc(S(C)(=O)=O)cc2O1. The molecule has 1 aromatic rings. The van der Waals surface area contributed by atoms with Gasteiger partial charge < -0.3 is 15.2 Å². The molecule has 0 spiro atoms. The summed E-state index contributed by atoms with van der Waals surface area (Å²) >= 11 is 6.07. The highest BCUT2D eigenvalue weighted by atomic mass is 35.5. The van der Waals surface area contributed by atoms with E-state index in [2.05, 4.69) is 6.92 Å². The van der Waals surface area contributed by atoms with Gasteiger partial charge in [-0.1, -0.05) is 18.5 Å². The van der Waals surface area contributed by atoms with Gasteiger partial charge in [-0.05, 0) is 31.4 Å². The third-order valence-corrected chi connectivity index (χ3v) is 4.87. The van der Waals surface area contributed by atoms with E-state index in [1.165, 1.54) is 12.1 Å². The molecule has 2 rings (SSSR count). The van der Waals surface area contributed by atoms with Gasteiger partial charge in [0, 0.05) is 12.3 Å². The molecule has 0 saturated carbocycles. The fourth-order valence-electron chi connectivity index (χ4n) is 2.11. The minimum atomic E-state index is -3.34. The van der Waals surface area contributed by atoms with Crippen molar-refractivity contribution in [1.82, 2.24) is 0 Å². The Balaban J connectivity index is 2.17. The number of hydrogen-bond acceptors (Lipinski definition) is 5. The summed E-state index contributed by atoms with van der Waals surface area (Å²) in [7, 11) is -3.34. The lowest BCUT2D eigenvalue weighted by molar-refractivity contribution is 0.0802. The molecule has 0 fully saturated rings. The maximum Gasteiger partial charge on any atom is 0.180 e. The fraction of sp³-hybridized carbons (Fsp3) is 0.571. The third-order valence-electron chi connectivity index (χ3n) is 3.50. The van der Waals surface area contributed by atoms with Crippen molar-refractivity contribution in [2.24, 2.45) is 11.7 Å². The van der Waals surface area contributed by atoms with Gasteiger partial charge in [-0.3, -0.25) is 0 Å². The average Bonchev–Trinajstić information content (AvgIpc) is 2.43. The van der Waals surface area contributed by atoms with Crippen LogP contribution in [0.4, 0.5) is 0 Å². The zero-order valence-corrected chi connectivity index (χ0v) is 13.7. The molecule has 21 heavy (non-hydrogen) atoms. The maximum absolute atomic E-state index is 11.6. The number of hydrogen-bond donors (Lipinski definition) is 1. The third kappa shape index (κ3) is 4.02. The van der Waals surface area contributed by atoms with E-state index in [0.717, 1.165) is 19.1 Å². The van der Waals surface area contributed by atoms with Gasteiger partial charge in [-0.2, -0.15) is 0 Å². The van der Waals surface area contributed by atoms with Crippen LogP contribution in [-0.2, 0) is 9.84 Å². The predicted octanol–water partition coefficient (Wildman–Crippen LogP) is 2.26. The van der Waals surface area contributed by atoms with Crippen LogP contribution in [0, 0.1) is 5.92 Å². The standard InChI is InChI=1S/C14H20ClNO4S/c1-9(7-16)3-4-10-8-19-14-12(15)5-11(21(2,17)18)6-13(14)20-10/h5-6,9-10H,3-4,7-8,16H2,1-2H3/t9?,10-/m0/s1. The van der Waals surface area contributed by atoms with Crippen LogP contribution in [-0.4, -0.2) is 33.9 Å². The summed E-state index contributed by atoms with van der Waals surface area (Å²) in [5.74, 6) is 1.22. The molecule has 0 saturated heterocycles. The van der Waals surface area contributed by atoms with E-state index in [9.17, 15) is 8.42 Å². The number of ether oxygens (including phenoxy) is 2. The Bertz CT molecular complexity index is 618. The van der Waals surface area contributed by atoms with Crippen LogP contribution >= 0.6 is 11.6 Å². The van der Waals surface area contributed by atoms with Crippen molar-refractivity contribution >= 4 is 21.4 Å². The van der Waals surface area contributed by atoms with Gasteiger partial charge in [-0.25, -0.2) is 8.42 Å². The van der Waals surface area contributed by atoms with Gasteiger partial charge in [0.05, 0.1) is 9.92 Å². The largest absolute Gasteiger partial charge is 0.484 e. The molecule has 2 N–H and O–H groups in total. The molecule has 0 aliphatic carbocycles. The molecule has 0 bridgehead atoms. The van der Waals surface area contributed by atoms with Gasteiger partial charge >= 0.3 is 0 Å². The molecule has 7 heteroatoms. The lowest BCUT2D eigenvalue weighted by Gasteiger charge is -2.28. The van der Waals surface area contributed by atoms with Crippen LogP contribution < -0.4 is 15.2 Å². The topological polar surface area (TPSA) is 78.6 Å². The quantitative estimate of drug-likeness (QED) is 0.894. The van der Waals surface area contributed by atoms with E-state index < -0.39 is 9.84 Å². The van der Waals surface area contributed by atoms with Gasteiger partial charge in [0.1, 0.15) is 12.7 Å². The number of fused-ring (bicyclic) bond motifs is 1. The number of rotatable bonds is 5. The second-order valence-electron chi connectivity index (χ2n) is 5.47. The molecule has 0 aromatic heterocycles. The Kier molecular flexibility index (Phi) is 5.01. The van der Waals surface area contributed by atoms with E-state index in [-0.39, 0.29) is 16.0 Å². The van der Waals surface area contributed by atoms with Crippen LogP contribution in [0.5, 0.6) is 11.5 Å². The molecule has 118 valence electrons. The highest BCUT2D eigenvalue weighted by Crippen LogP contribution is 2.41. The minimum Gasteiger partial charge on any atom is -0.484 e. The van der Waals surface area contributed by atoms with Crippen LogP contribution in [0.1, 0.15) is 19.8 Å². The Labute approximate surface area is 130 Å². The molecule has 1 aliphatic rings. The number of nitrogens with two attached hydrogens (primary N) is 1. The second kappa shape index (κ2) is 6.42. The van der Waals surface area contributed by atoms with Crippen molar-refractivity contribution in [3.8, 4) is 11.5 Å². The average molecular weight is 334 g/mol. The van der Waals surface area contributed by atoms with Crippen molar-refractivity contribution in [2.75, 3.05) is 19.4 Å². The van der Waals surface area contributed by atoms with Crippen LogP contribution in [0.3, 0.4) is 0 Å². The summed E-state index contributed by atoms with van der Waals surface area (Å²) in [5, 5.41) is 0.252. The van der Waals surface area contributed by atoms with Gasteiger partial charge in [0.25, 0.3) is 0 Å². The smallest absolute Gasteiger partial charge is 0.180 e. The van der Waals surface area contributed by atoms with Crippen LogP contribution in [0.2, 0.25) is 5.02 Å². The number of sulfone groups is 1. The van der Waals surface area contributed by atoms with Crippen LogP contribution in [0.25, 0.3) is 0 Å². The van der Waals surface area contributed by atoms with E-state index in [0.29, 0.717) is 30.6 Å². The summed E-state index contributed by atoms with van der Waals surface area (Å²) < 4.78 is 34.7. The molecule has 0 amide bonds. The Morgan fingerprint density at radius 3 is 2.81 bits per heavy atom. The monoisotopic (exact) mass is 333 g/mol. The molecule has 1 aromatic carbocycles. The first-order chi connectivity index (χ1) is 9.81. The second-order valence-corrected chi connectivity index (χ2v) is 7.90. The summed E-state index contributed by atoms with van der Waals surface area (Å²) in [6.45, 7) is 3.12. The Hall–Kier alpha value is -0.980. The van der Waals surface area contributed by atoms with E-state index in [1.807, 2.05) is 0 Å². The molecular weight excluding hydrogens is 314 g/mol. The summed E-state index contributed by atoms with van der Waals surface area (Å²) in [5.41, 5.74) is 5.60. The maximum atomic E-state index is 11.6. The van der Waals surface area contributed by atoms with E-state index in [1.54, 1.807) is 0 Å². The highest BCUT2D eigenvalue weighted by Gasteiger charge is 2.25. The van der Waals surface area contributed by atoms with Crippen molar-refractivity contribution < 1.29 is 17.9 Å². The van der Waals surface area contributed by atoms with E-state index in [4.69, 9.17) is 26.8 Å². The number of halogens is 1. The van der Waals surface area contributed by atoms with Gasteiger partial charge in [0.2, 0.25) is 0 Å². The van der Waals surface area contributed by atoms with E-state index >= 15 is 0 Å². The summed E-state index contributed by atoms with van der Waals surface area (Å²) in [6.07, 6.45) is 2.75. The lowest BCUT2D eigenvalue weighted by Crippen LogP contribution is -2.30. The predicted molar refractivity (Wildman–Crippen MR) is 81.9 cm³/mol. The Morgan fingerprint density at radius 2 is 2.19 bits per heavy atom. The van der Waals surface area contributed by atoms with Crippen molar-refractivity contribution in [3.63, 3.8) is 0 Å². The first-order valence-corrected chi connectivity index (χ1v) is 9.11. The summed E-state index contributed by atoms with van der Waals surface area (Å²) in [6, 6.07) is 2.85. The van der Waals surface area contributed by atoms with Crippen molar-refractivity contribution in [2.45, 2.75) is 30.8 Å². The first-order valence-electron chi connectivity index (χ1n) is 6.84.